The molecule has 2 saturated heterocycles. The third kappa shape index (κ3) is 5.39. The first kappa shape index (κ1) is 28.9. The summed E-state index contributed by atoms with van der Waals surface area (Å²) in [5.41, 5.74) is 0.702. The number of rotatable bonds is 8. The molecule has 43 heavy (non-hydrogen) atoms. The summed E-state index contributed by atoms with van der Waals surface area (Å²) in [4.78, 5) is 69.1. The number of nitro benzene ring substituents is 1. The van der Waals surface area contributed by atoms with Gasteiger partial charge in [-0.1, -0.05) is 29.2 Å². The third-order valence-electron chi connectivity index (χ3n) is 7.48. The lowest BCUT2D eigenvalue weighted by Gasteiger charge is -2.30. The van der Waals surface area contributed by atoms with Crippen molar-refractivity contribution in [3.8, 4) is 11.5 Å². The molecule has 1 N–H and O–H groups in total. The van der Waals surface area contributed by atoms with E-state index in [0.717, 1.165) is 28.0 Å². The summed E-state index contributed by atoms with van der Waals surface area (Å²) in [5, 5.41) is 10.8. The van der Waals surface area contributed by atoms with Crippen molar-refractivity contribution in [3.05, 3.63) is 72.7 Å². The fourth-order valence-corrected chi connectivity index (χ4v) is 8.02. The lowest BCUT2D eigenvalue weighted by molar-refractivity contribution is -0.384. The van der Waals surface area contributed by atoms with Gasteiger partial charge in [-0.3, -0.25) is 29.3 Å². The molecule has 0 bridgehead atoms. The molecule has 2 fully saturated rings. The summed E-state index contributed by atoms with van der Waals surface area (Å²) in [6, 6.07) is 10.4. The van der Waals surface area contributed by atoms with Crippen LogP contribution in [0.1, 0.15) is 23.3 Å². The van der Waals surface area contributed by atoms with E-state index in [4.69, 9.17) is 14.2 Å². The zero-order valence-corrected chi connectivity index (χ0v) is 24.5. The molecule has 3 atom stereocenters. The summed E-state index contributed by atoms with van der Waals surface area (Å²) in [7, 11) is 0. The Hall–Kier alpha value is -4.21. The minimum absolute atomic E-state index is 0.162. The average molecular weight is 627 g/mol. The Morgan fingerprint density at radius 3 is 2.51 bits per heavy atom. The van der Waals surface area contributed by atoms with Gasteiger partial charge in [0.05, 0.1) is 41.4 Å². The molecule has 3 aromatic rings. The number of hydrogen-bond donors (Lipinski definition) is 1. The maximum absolute atomic E-state index is 13.9. The molecule has 13 nitrogen and oxygen atoms in total. The number of nitro groups is 1. The Kier molecular flexibility index (Phi) is 7.94. The zero-order chi connectivity index (χ0) is 30.2. The summed E-state index contributed by atoms with van der Waals surface area (Å²) in [6.07, 6.45) is 0. The van der Waals surface area contributed by atoms with Gasteiger partial charge in [0.25, 0.3) is 11.6 Å². The van der Waals surface area contributed by atoms with E-state index in [1.807, 2.05) is 0 Å². The van der Waals surface area contributed by atoms with Gasteiger partial charge < -0.3 is 24.1 Å². The zero-order valence-electron chi connectivity index (χ0n) is 22.8. The summed E-state index contributed by atoms with van der Waals surface area (Å²) in [6.45, 7) is 3.86. The van der Waals surface area contributed by atoms with Crippen molar-refractivity contribution in [1.29, 1.82) is 0 Å². The second-order valence-corrected chi connectivity index (χ2v) is 12.1. The molecule has 0 radical (unpaired) electrons. The predicted molar refractivity (Wildman–Crippen MR) is 156 cm³/mol. The number of fused-ring (bicyclic) bond motifs is 2. The minimum atomic E-state index is -0.851. The molecule has 15 heteroatoms. The van der Waals surface area contributed by atoms with Crippen molar-refractivity contribution in [2.75, 3.05) is 44.4 Å². The number of anilines is 1. The number of imide groups is 1. The van der Waals surface area contributed by atoms with Gasteiger partial charge in [-0.15, -0.1) is 0 Å². The standard InChI is InChI=1S/C28H26N4O9S2/c1-2-40-19-13-15(3-8-18(19)41-14-20(33)30-9-11-39-12-10-30)21-22-24(42-25-23(21)43-28(36)29-25)27(35)31(26(22)34)16-4-6-17(7-5-16)32(37)38/h3-8,13,21-22,24H,2,9-12,14H2,1H3,(H,29,36)/t21-,22-,24+/m0/s1. The van der Waals surface area contributed by atoms with Crippen molar-refractivity contribution >= 4 is 52.2 Å². The number of morpholine rings is 1. The van der Waals surface area contributed by atoms with Gasteiger partial charge in [-0.2, -0.15) is 0 Å². The summed E-state index contributed by atoms with van der Waals surface area (Å²) < 4.78 is 17.0. The lowest BCUT2D eigenvalue weighted by Crippen LogP contribution is -2.43. The van der Waals surface area contributed by atoms with Crippen molar-refractivity contribution in [3.63, 3.8) is 0 Å². The van der Waals surface area contributed by atoms with Crippen LogP contribution in [-0.4, -0.2) is 77.3 Å². The number of hydrogen-bond acceptors (Lipinski definition) is 11. The van der Waals surface area contributed by atoms with Crippen LogP contribution in [0.15, 0.2) is 52.3 Å². The largest absolute Gasteiger partial charge is 0.490 e. The Bertz CT molecular complexity index is 1650. The fraction of sp³-hybridized carbons (Fsp3) is 0.357. The molecule has 224 valence electrons. The third-order valence-corrected chi connectivity index (χ3v) is 9.89. The number of nitrogens with zero attached hydrogens (tertiary/aromatic N) is 3. The summed E-state index contributed by atoms with van der Waals surface area (Å²) in [5.74, 6) is -1.92. The van der Waals surface area contributed by atoms with Crippen molar-refractivity contribution in [1.82, 2.24) is 9.88 Å². The smallest absolute Gasteiger partial charge is 0.305 e. The topological polar surface area (TPSA) is 161 Å². The second kappa shape index (κ2) is 11.8. The van der Waals surface area contributed by atoms with E-state index in [1.54, 1.807) is 30.0 Å². The molecular formula is C28H26N4O9S2. The number of aromatic amines is 1. The molecule has 6 rings (SSSR count). The molecule has 4 heterocycles. The van der Waals surface area contributed by atoms with Crippen LogP contribution in [0.25, 0.3) is 0 Å². The van der Waals surface area contributed by atoms with Crippen LogP contribution in [0.4, 0.5) is 11.4 Å². The summed E-state index contributed by atoms with van der Waals surface area (Å²) >= 11 is 2.11. The van der Waals surface area contributed by atoms with Crippen molar-refractivity contribution < 1.29 is 33.5 Å². The minimum Gasteiger partial charge on any atom is -0.490 e. The van der Waals surface area contributed by atoms with Gasteiger partial charge in [-0.25, -0.2) is 4.90 Å². The van der Waals surface area contributed by atoms with Crippen LogP contribution in [0, 0.1) is 16.0 Å². The normalized spacial score (nSPS) is 21.4. The van der Waals surface area contributed by atoms with Crippen LogP contribution in [-0.2, 0) is 19.1 Å². The van der Waals surface area contributed by atoms with Crippen molar-refractivity contribution in [2.24, 2.45) is 5.92 Å². The number of thioether (sulfide) groups is 1. The Morgan fingerprint density at radius 1 is 1.07 bits per heavy atom. The van der Waals surface area contributed by atoms with Gasteiger partial charge in [0.2, 0.25) is 11.8 Å². The Balaban J connectivity index is 1.33. The first-order valence-corrected chi connectivity index (χ1v) is 15.2. The fourth-order valence-electron chi connectivity index (χ4n) is 5.50. The van der Waals surface area contributed by atoms with Gasteiger partial charge >= 0.3 is 4.87 Å². The Labute approximate surface area is 252 Å². The van der Waals surface area contributed by atoms with E-state index in [2.05, 4.69) is 4.98 Å². The highest BCUT2D eigenvalue weighted by Crippen LogP contribution is 2.53. The van der Waals surface area contributed by atoms with E-state index in [9.17, 15) is 29.3 Å². The van der Waals surface area contributed by atoms with Gasteiger partial charge in [0.1, 0.15) is 5.25 Å². The highest BCUT2D eigenvalue weighted by atomic mass is 32.2. The SMILES string of the molecule is CCOc1cc([C@@H]2c3sc(=O)[nH]c3S[C@H]3C(=O)N(c4ccc([N+](=O)[O-])cc4)C(=O)[C@@H]23)ccc1OCC(=O)N1CCOCC1. The number of ether oxygens (including phenoxy) is 3. The molecular weight excluding hydrogens is 600 g/mol. The highest BCUT2D eigenvalue weighted by Gasteiger charge is 2.56. The number of non-ortho nitro benzene ring substituents is 1. The molecule has 0 saturated carbocycles. The van der Waals surface area contributed by atoms with E-state index in [0.29, 0.717) is 59.9 Å². The number of benzene rings is 2. The molecule has 0 spiro atoms. The maximum atomic E-state index is 13.9. The van der Waals surface area contributed by atoms with Crippen LogP contribution in [0.2, 0.25) is 0 Å². The molecule has 0 aliphatic carbocycles. The molecule has 3 amide bonds. The monoisotopic (exact) mass is 626 g/mol. The molecule has 3 aliphatic heterocycles. The van der Waals surface area contributed by atoms with E-state index in [1.165, 1.54) is 24.3 Å². The lowest BCUT2D eigenvalue weighted by atomic mass is 9.83. The predicted octanol–water partition coefficient (Wildman–Crippen LogP) is 2.78. The quantitative estimate of drug-likeness (QED) is 0.224. The van der Waals surface area contributed by atoms with E-state index >= 15 is 0 Å². The van der Waals surface area contributed by atoms with Gasteiger partial charge in [0, 0.05) is 36.0 Å². The highest BCUT2D eigenvalue weighted by molar-refractivity contribution is 8.00. The number of aromatic nitrogens is 1. The molecule has 3 aliphatic rings. The number of carbonyl (C=O) groups is 3. The first-order chi connectivity index (χ1) is 20.8. The molecule has 0 unspecified atom stereocenters. The maximum Gasteiger partial charge on any atom is 0.305 e. The van der Waals surface area contributed by atoms with Crippen LogP contribution in [0.3, 0.4) is 0 Å². The Morgan fingerprint density at radius 2 is 1.81 bits per heavy atom. The van der Waals surface area contributed by atoms with Gasteiger partial charge in [-0.05, 0) is 36.8 Å². The number of thiazole rings is 1. The second-order valence-electron chi connectivity index (χ2n) is 9.96. The number of amides is 3. The number of H-pyrrole nitrogens is 1. The van der Waals surface area contributed by atoms with Gasteiger partial charge in [0.15, 0.2) is 18.1 Å². The number of nitrogens with one attached hydrogen (secondary N) is 1. The van der Waals surface area contributed by atoms with Crippen LogP contribution in [0.5, 0.6) is 11.5 Å². The number of carbonyl (C=O) groups excluding carboxylic acids is 3. The first-order valence-electron chi connectivity index (χ1n) is 13.5. The molecule has 2 aromatic carbocycles. The van der Waals surface area contributed by atoms with Crippen LogP contribution < -0.4 is 19.2 Å². The van der Waals surface area contributed by atoms with E-state index in [-0.39, 0.29) is 28.8 Å². The molecule has 1 aromatic heterocycles. The average Bonchev–Trinajstić information content (AvgIpc) is 3.50. The van der Waals surface area contributed by atoms with Crippen LogP contribution >= 0.6 is 23.1 Å². The van der Waals surface area contributed by atoms with E-state index < -0.39 is 33.8 Å². The van der Waals surface area contributed by atoms with Crippen molar-refractivity contribution in [2.45, 2.75) is 23.1 Å².